The minimum absolute atomic E-state index is 0.0100. The van der Waals surface area contributed by atoms with E-state index in [2.05, 4.69) is 10.2 Å². The molecule has 3 aliphatic rings. The lowest BCUT2D eigenvalue weighted by atomic mass is 9.93. The van der Waals surface area contributed by atoms with Gasteiger partial charge in [0.2, 0.25) is 5.91 Å². The lowest BCUT2D eigenvalue weighted by Gasteiger charge is -2.19. The Labute approximate surface area is 195 Å². The van der Waals surface area contributed by atoms with E-state index in [4.69, 9.17) is 9.52 Å². The van der Waals surface area contributed by atoms with E-state index in [0.29, 0.717) is 12.3 Å². The Morgan fingerprint density at radius 1 is 1.03 bits per heavy atom. The average Bonchev–Trinajstić information content (AvgIpc) is 3.49. The molecule has 0 bridgehead atoms. The van der Waals surface area contributed by atoms with Crippen LogP contribution in [0.3, 0.4) is 0 Å². The van der Waals surface area contributed by atoms with Gasteiger partial charge in [-0.25, -0.2) is 0 Å². The van der Waals surface area contributed by atoms with E-state index in [1.165, 1.54) is 25.7 Å². The SMILES string of the molecule is Cc1c(C(=O)N2CCCC2)oc2c1-c1nn(CC(=O)NCCN3CCCCCC3)cc1CC2. The zero-order valence-corrected chi connectivity index (χ0v) is 19.7. The summed E-state index contributed by atoms with van der Waals surface area (Å²) in [5.41, 5.74) is 3.79. The summed E-state index contributed by atoms with van der Waals surface area (Å²) in [6, 6.07) is 0. The quantitative estimate of drug-likeness (QED) is 0.727. The highest BCUT2D eigenvalue weighted by Gasteiger charge is 2.32. The predicted octanol–water partition coefficient (Wildman–Crippen LogP) is 2.78. The molecule has 0 spiro atoms. The van der Waals surface area contributed by atoms with Crippen LogP contribution < -0.4 is 5.32 Å². The van der Waals surface area contributed by atoms with Crippen molar-refractivity contribution in [3.63, 3.8) is 0 Å². The van der Waals surface area contributed by atoms with Crippen LogP contribution in [0.25, 0.3) is 11.3 Å². The van der Waals surface area contributed by atoms with Crippen LogP contribution in [-0.4, -0.2) is 70.7 Å². The molecule has 2 saturated heterocycles. The average molecular weight is 454 g/mol. The van der Waals surface area contributed by atoms with Crippen molar-refractivity contribution >= 4 is 11.8 Å². The molecule has 2 aliphatic heterocycles. The van der Waals surface area contributed by atoms with Crippen molar-refractivity contribution in [2.45, 2.75) is 64.8 Å². The van der Waals surface area contributed by atoms with Gasteiger partial charge in [-0.15, -0.1) is 0 Å². The molecule has 0 aromatic carbocycles. The molecule has 0 saturated carbocycles. The van der Waals surface area contributed by atoms with Gasteiger partial charge in [0.1, 0.15) is 12.3 Å². The summed E-state index contributed by atoms with van der Waals surface area (Å²) < 4.78 is 7.79. The van der Waals surface area contributed by atoms with Crippen LogP contribution in [0.2, 0.25) is 0 Å². The number of aromatic nitrogens is 2. The Morgan fingerprint density at radius 3 is 2.52 bits per heavy atom. The van der Waals surface area contributed by atoms with E-state index >= 15 is 0 Å². The van der Waals surface area contributed by atoms with Gasteiger partial charge in [0.05, 0.1) is 5.69 Å². The van der Waals surface area contributed by atoms with E-state index in [1.807, 2.05) is 18.0 Å². The van der Waals surface area contributed by atoms with E-state index in [1.54, 1.807) is 4.68 Å². The summed E-state index contributed by atoms with van der Waals surface area (Å²) in [5.74, 6) is 1.27. The second kappa shape index (κ2) is 9.71. The van der Waals surface area contributed by atoms with Gasteiger partial charge in [0, 0.05) is 49.9 Å². The molecule has 2 aromatic rings. The normalized spacial score (nSPS) is 18.6. The Kier molecular flexibility index (Phi) is 6.53. The summed E-state index contributed by atoms with van der Waals surface area (Å²) in [4.78, 5) is 29.8. The van der Waals surface area contributed by atoms with Crippen LogP contribution in [-0.2, 0) is 24.2 Å². The minimum Gasteiger partial charge on any atom is -0.455 e. The smallest absolute Gasteiger partial charge is 0.289 e. The Bertz CT molecular complexity index is 1010. The molecule has 0 unspecified atom stereocenters. The number of amides is 2. The molecule has 8 heteroatoms. The number of fused-ring (bicyclic) bond motifs is 3. The van der Waals surface area contributed by atoms with Gasteiger partial charge in [-0.2, -0.15) is 5.10 Å². The third-order valence-corrected chi connectivity index (χ3v) is 7.26. The lowest BCUT2D eigenvalue weighted by molar-refractivity contribution is -0.121. The number of nitrogens with zero attached hydrogens (tertiary/aromatic N) is 4. The van der Waals surface area contributed by atoms with Crippen LogP contribution in [0.5, 0.6) is 0 Å². The molecule has 33 heavy (non-hydrogen) atoms. The van der Waals surface area contributed by atoms with Gasteiger partial charge in [-0.05, 0) is 57.7 Å². The molecule has 5 rings (SSSR count). The van der Waals surface area contributed by atoms with Crippen molar-refractivity contribution in [2.75, 3.05) is 39.3 Å². The molecule has 1 aliphatic carbocycles. The van der Waals surface area contributed by atoms with Gasteiger partial charge in [-0.1, -0.05) is 12.8 Å². The Hall–Kier alpha value is -2.61. The number of aryl methyl sites for hydroxylation is 2. The van der Waals surface area contributed by atoms with E-state index in [-0.39, 0.29) is 18.4 Å². The third-order valence-electron chi connectivity index (χ3n) is 7.26. The predicted molar refractivity (Wildman–Crippen MR) is 125 cm³/mol. The highest BCUT2D eigenvalue weighted by molar-refractivity contribution is 5.95. The molecular weight excluding hydrogens is 418 g/mol. The number of hydrogen-bond donors (Lipinski definition) is 1. The summed E-state index contributed by atoms with van der Waals surface area (Å²) in [6.07, 6.45) is 10.8. The number of carbonyl (C=O) groups excluding carboxylic acids is 2. The van der Waals surface area contributed by atoms with Gasteiger partial charge in [0.15, 0.2) is 5.76 Å². The standard InChI is InChI=1S/C25H35N5O3/c1-18-22-20(33-24(18)25(32)29-13-6-7-14-29)9-8-19-16-30(27-23(19)22)17-21(31)26-10-15-28-11-4-2-3-5-12-28/h16H,2-15,17H2,1H3,(H,26,31). The zero-order valence-electron chi connectivity index (χ0n) is 19.7. The first kappa shape index (κ1) is 22.2. The molecule has 8 nitrogen and oxygen atoms in total. The summed E-state index contributed by atoms with van der Waals surface area (Å²) >= 11 is 0. The van der Waals surface area contributed by atoms with Crippen LogP contribution in [0, 0.1) is 6.92 Å². The molecule has 2 fully saturated rings. The van der Waals surface area contributed by atoms with Crippen molar-refractivity contribution in [3.8, 4) is 11.3 Å². The summed E-state index contributed by atoms with van der Waals surface area (Å²) in [5, 5.41) is 7.78. The first-order valence-corrected chi connectivity index (χ1v) is 12.6. The number of nitrogens with one attached hydrogen (secondary N) is 1. The van der Waals surface area contributed by atoms with Crippen LogP contribution in [0.4, 0.5) is 0 Å². The van der Waals surface area contributed by atoms with Crippen molar-refractivity contribution in [2.24, 2.45) is 0 Å². The zero-order chi connectivity index (χ0) is 22.8. The molecule has 2 aromatic heterocycles. The highest BCUT2D eigenvalue weighted by Crippen LogP contribution is 2.38. The fourth-order valence-electron chi connectivity index (χ4n) is 5.43. The number of rotatable bonds is 6. The number of likely N-dealkylation sites (tertiary alicyclic amines) is 2. The minimum atomic E-state index is -0.0151. The van der Waals surface area contributed by atoms with Crippen molar-refractivity contribution in [3.05, 3.63) is 28.8 Å². The maximum Gasteiger partial charge on any atom is 0.289 e. The fraction of sp³-hybridized carbons (Fsp3) is 0.640. The molecule has 1 N–H and O–H groups in total. The third kappa shape index (κ3) is 4.71. The molecular formula is C25H35N5O3. The maximum atomic E-state index is 12.9. The van der Waals surface area contributed by atoms with Crippen LogP contribution in [0.1, 0.15) is 66.0 Å². The molecule has 2 amide bonds. The largest absolute Gasteiger partial charge is 0.455 e. The molecule has 178 valence electrons. The molecule has 0 radical (unpaired) electrons. The van der Waals surface area contributed by atoms with E-state index in [9.17, 15) is 9.59 Å². The van der Waals surface area contributed by atoms with Gasteiger partial charge < -0.3 is 19.5 Å². The molecule has 4 heterocycles. The van der Waals surface area contributed by atoms with Crippen molar-refractivity contribution in [1.82, 2.24) is 24.9 Å². The van der Waals surface area contributed by atoms with Gasteiger partial charge in [-0.3, -0.25) is 14.3 Å². The van der Waals surface area contributed by atoms with Crippen LogP contribution in [0.15, 0.2) is 10.6 Å². The second-order valence-electron chi connectivity index (χ2n) is 9.66. The Morgan fingerprint density at radius 2 is 1.76 bits per heavy atom. The van der Waals surface area contributed by atoms with Gasteiger partial charge >= 0.3 is 0 Å². The Balaban J connectivity index is 1.23. The first-order valence-electron chi connectivity index (χ1n) is 12.6. The lowest BCUT2D eigenvalue weighted by Crippen LogP contribution is -2.36. The van der Waals surface area contributed by atoms with Gasteiger partial charge in [0.25, 0.3) is 5.91 Å². The maximum absolute atomic E-state index is 12.9. The topological polar surface area (TPSA) is 83.6 Å². The van der Waals surface area contributed by atoms with Crippen molar-refractivity contribution < 1.29 is 14.0 Å². The number of furan rings is 1. The number of carbonyl (C=O) groups is 2. The highest BCUT2D eigenvalue weighted by atomic mass is 16.4. The molecule has 0 atom stereocenters. The van der Waals surface area contributed by atoms with E-state index in [0.717, 1.165) is 86.6 Å². The second-order valence-corrected chi connectivity index (χ2v) is 9.66. The monoisotopic (exact) mass is 453 g/mol. The van der Waals surface area contributed by atoms with Crippen molar-refractivity contribution in [1.29, 1.82) is 0 Å². The van der Waals surface area contributed by atoms with Crippen LogP contribution >= 0.6 is 0 Å². The van der Waals surface area contributed by atoms with E-state index < -0.39 is 0 Å². The first-order chi connectivity index (χ1) is 16.1. The number of hydrogen-bond acceptors (Lipinski definition) is 5. The summed E-state index contributed by atoms with van der Waals surface area (Å²) in [7, 11) is 0. The summed E-state index contributed by atoms with van der Waals surface area (Å²) in [6.45, 7) is 7.62. The fourth-order valence-corrected chi connectivity index (χ4v) is 5.43.